The van der Waals surface area contributed by atoms with Crippen LogP contribution in [0.2, 0.25) is 0 Å². The number of aliphatic hydroxyl groups is 2. The van der Waals surface area contributed by atoms with Crippen molar-refractivity contribution in [3.63, 3.8) is 0 Å². The van der Waals surface area contributed by atoms with Gasteiger partial charge in [0.2, 0.25) is 0 Å². The molecule has 1 unspecified atom stereocenters. The minimum absolute atomic E-state index is 0.281. The van der Waals surface area contributed by atoms with Gasteiger partial charge in [-0.2, -0.15) is 0 Å². The first-order chi connectivity index (χ1) is 12.9. The molecule has 27 heavy (non-hydrogen) atoms. The standard InChI is InChI=1S/C21H41NO5/c1-2-3-4-11-14-18(24)15-12-9-7-5-6-8-10-13-16-19(25)21(22,17-23)20(26)27/h19,23,25H,2-17,22H2,1H3,(H,26,27)/t19-,21?/m1/s1. The van der Waals surface area contributed by atoms with Gasteiger partial charge in [0, 0.05) is 12.8 Å². The molecule has 0 bridgehead atoms. The molecule has 0 spiro atoms. The van der Waals surface area contributed by atoms with Gasteiger partial charge in [0.25, 0.3) is 0 Å². The van der Waals surface area contributed by atoms with Gasteiger partial charge in [0.1, 0.15) is 5.78 Å². The average Bonchev–Trinajstić information content (AvgIpc) is 2.65. The van der Waals surface area contributed by atoms with Crippen LogP contribution in [0.1, 0.15) is 103 Å². The molecule has 0 aliphatic rings. The monoisotopic (exact) mass is 387 g/mol. The lowest BCUT2D eigenvalue weighted by Crippen LogP contribution is -2.60. The van der Waals surface area contributed by atoms with Gasteiger partial charge in [-0.1, -0.05) is 71.1 Å². The molecule has 2 atom stereocenters. The molecule has 0 aromatic carbocycles. The van der Waals surface area contributed by atoms with E-state index in [1.807, 2.05) is 0 Å². The maximum Gasteiger partial charge on any atom is 0.328 e. The number of unbranched alkanes of at least 4 members (excludes halogenated alkanes) is 10. The molecular weight excluding hydrogens is 346 g/mol. The van der Waals surface area contributed by atoms with E-state index in [1.54, 1.807) is 0 Å². The lowest BCUT2D eigenvalue weighted by Gasteiger charge is -2.27. The number of carboxylic acid groups (broad SMARTS) is 1. The highest BCUT2D eigenvalue weighted by molar-refractivity contribution is 5.79. The fraction of sp³-hybridized carbons (Fsp3) is 0.905. The molecule has 0 fully saturated rings. The maximum atomic E-state index is 11.7. The molecule has 0 heterocycles. The van der Waals surface area contributed by atoms with Crippen LogP contribution in [0.4, 0.5) is 0 Å². The van der Waals surface area contributed by atoms with E-state index in [1.165, 1.54) is 19.3 Å². The summed E-state index contributed by atoms with van der Waals surface area (Å²) in [6.45, 7) is 1.40. The lowest BCUT2D eigenvalue weighted by atomic mass is 9.90. The van der Waals surface area contributed by atoms with E-state index in [4.69, 9.17) is 15.9 Å². The first-order valence-corrected chi connectivity index (χ1v) is 10.7. The average molecular weight is 388 g/mol. The number of carboxylic acids is 1. The normalized spacial score (nSPS) is 14.7. The smallest absolute Gasteiger partial charge is 0.328 e. The zero-order valence-electron chi connectivity index (χ0n) is 17.1. The van der Waals surface area contributed by atoms with Gasteiger partial charge in [0.15, 0.2) is 5.54 Å². The Morgan fingerprint density at radius 2 is 1.30 bits per heavy atom. The first-order valence-electron chi connectivity index (χ1n) is 10.7. The van der Waals surface area contributed by atoms with E-state index in [2.05, 4.69) is 6.92 Å². The van der Waals surface area contributed by atoms with Gasteiger partial charge in [-0.15, -0.1) is 0 Å². The Kier molecular flexibility index (Phi) is 15.4. The molecule has 5 N–H and O–H groups in total. The molecule has 0 amide bonds. The van der Waals surface area contributed by atoms with E-state index in [0.29, 0.717) is 12.2 Å². The Hall–Kier alpha value is -0.980. The number of nitrogens with two attached hydrogens (primary N) is 1. The van der Waals surface area contributed by atoms with Crippen LogP contribution in [0.5, 0.6) is 0 Å². The highest BCUT2D eigenvalue weighted by Crippen LogP contribution is 2.16. The lowest BCUT2D eigenvalue weighted by molar-refractivity contribution is -0.150. The zero-order chi connectivity index (χ0) is 20.5. The third-order valence-electron chi connectivity index (χ3n) is 5.25. The van der Waals surface area contributed by atoms with Gasteiger partial charge in [-0.05, 0) is 19.3 Å². The van der Waals surface area contributed by atoms with Gasteiger partial charge in [-0.25, -0.2) is 0 Å². The van der Waals surface area contributed by atoms with Crippen molar-refractivity contribution in [1.29, 1.82) is 0 Å². The fourth-order valence-electron chi connectivity index (χ4n) is 3.17. The summed E-state index contributed by atoms with van der Waals surface area (Å²) >= 11 is 0. The summed E-state index contributed by atoms with van der Waals surface area (Å²) in [7, 11) is 0. The van der Waals surface area contributed by atoms with Crippen molar-refractivity contribution in [2.75, 3.05) is 6.61 Å². The molecule has 0 aromatic heterocycles. The Morgan fingerprint density at radius 3 is 1.74 bits per heavy atom. The van der Waals surface area contributed by atoms with E-state index in [9.17, 15) is 14.7 Å². The van der Waals surface area contributed by atoms with Crippen molar-refractivity contribution in [3.05, 3.63) is 0 Å². The van der Waals surface area contributed by atoms with Gasteiger partial charge < -0.3 is 21.1 Å². The first kappa shape index (κ1) is 26.0. The molecule has 0 saturated heterocycles. The Morgan fingerprint density at radius 1 is 0.852 bits per heavy atom. The summed E-state index contributed by atoms with van der Waals surface area (Å²) in [5.41, 5.74) is 3.57. The molecule has 0 aliphatic carbocycles. The van der Waals surface area contributed by atoms with E-state index in [0.717, 1.165) is 64.2 Å². The Balaban J connectivity index is 3.50. The van der Waals surface area contributed by atoms with Crippen LogP contribution in [-0.2, 0) is 9.59 Å². The number of aliphatic carboxylic acids is 1. The Labute approximate surface area is 164 Å². The fourth-order valence-corrected chi connectivity index (χ4v) is 3.17. The van der Waals surface area contributed by atoms with Crippen molar-refractivity contribution in [2.24, 2.45) is 5.73 Å². The number of carbonyl (C=O) groups excluding carboxylic acids is 1. The largest absolute Gasteiger partial charge is 0.480 e. The second-order valence-electron chi connectivity index (χ2n) is 7.74. The van der Waals surface area contributed by atoms with E-state index in [-0.39, 0.29) is 6.42 Å². The van der Waals surface area contributed by atoms with Gasteiger partial charge >= 0.3 is 5.97 Å². The van der Waals surface area contributed by atoms with Crippen LogP contribution in [0, 0.1) is 0 Å². The SMILES string of the molecule is CCCCCCC(=O)CCCCCCCCCC[C@@H](O)C(N)(CO)C(=O)O. The highest BCUT2D eigenvalue weighted by Gasteiger charge is 2.40. The van der Waals surface area contributed by atoms with E-state index >= 15 is 0 Å². The third-order valence-corrected chi connectivity index (χ3v) is 5.25. The molecule has 6 heteroatoms. The van der Waals surface area contributed by atoms with Crippen molar-refractivity contribution >= 4 is 11.8 Å². The number of Topliss-reactive ketones (excluding diaryl/α,β-unsaturated/α-hetero) is 1. The van der Waals surface area contributed by atoms with Crippen LogP contribution in [0.25, 0.3) is 0 Å². The summed E-state index contributed by atoms with van der Waals surface area (Å²) < 4.78 is 0. The molecule has 160 valence electrons. The highest BCUT2D eigenvalue weighted by atomic mass is 16.4. The number of rotatable bonds is 19. The van der Waals surface area contributed by atoms with Crippen LogP contribution in [0.15, 0.2) is 0 Å². The third kappa shape index (κ3) is 12.2. The summed E-state index contributed by atoms with van der Waals surface area (Å²) in [5.74, 6) is -0.971. The molecular formula is C21H41NO5. The van der Waals surface area contributed by atoms with Gasteiger partial charge in [-0.3, -0.25) is 9.59 Å². The number of aliphatic hydroxyl groups excluding tert-OH is 2. The second-order valence-corrected chi connectivity index (χ2v) is 7.74. The maximum absolute atomic E-state index is 11.7. The number of carbonyl (C=O) groups is 2. The topological polar surface area (TPSA) is 121 Å². The molecule has 0 aromatic rings. The summed E-state index contributed by atoms with van der Waals surface area (Å²) in [6.07, 6.45) is 13.3. The second kappa shape index (κ2) is 16.0. The number of ketones is 1. The van der Waals surface area contributed by atoms with Crippen molar-refractivity contribution < 1.29 is 24.9 Å². The van der Waals surface area contributed by atoms with Crippen molar-refractivity contribution in [2.45, 2.75) is 115 Å². The quantitative estimate of drug-likeness (QED) is 0.251. The predicted octanol–water partition coefficient (Wildman–Crippen LogP) is 3.56. The number of hydrogen-bond donors (Lipinski definition) is 4. The zero-order valence-corrected chi connectivity index (χ0v) is 17.1. The summed E-state index contributed by atoms with van der Waals surface area (Å²) in [5, 5.41) is 27.9. The Bertz CT molecular complexity index is 402. The van der Waals surface area contributed by atoms with Crippen LogP contribution >= 0.6 is 0 Å². The molecule has 0 saturated carbocycles. The summed E-state index contributed by atoms with van der Waals surface area (Å²) in [4.78, 5) is 22.7. The summed E-state index contributed by atoms with van der Waals surface area (Å²) in [6, 6.07) is 0. The molecule has 0 radical (unpaired) electrons. The minimum atomic E-state index is -1.96. The molecule has 6 nitrogen and oxygen atoms in total. The number of hydrogen-bond acceptors (Lipinski definition) is 5. The van der Waals surface area contributed by atoms with Crippen molar-refractivity contribution in [1.82, 2.24) is 0 Å². The van der Waals surface area contributed by atoms with Gasteiger partial charge in [0.05, 0.1) is 12.7 Å². The van der Waals surface area contributed by atoms with Crippen LogP contribution in [-0.4, -0.2) is 45.3 Å². The molecule has 0 aliphatic heterocycles. The van der Waals surface area contributed by atoms with E-state index < -0.39 is 24.2 Å². The predicted molar refractivity (Wildman–Crippen MR) is 108 cm³/mol. The van der Waals surface area contributed by atoms with Crippen LogP contribution in [0.3, 0.4) is 0 Å². The van der Waals surface area contributed by atoms with Crippen LogP contribution < -0.4 is 5.73 Å². The van der Waals surface area contributed by atoms with Crippen molar-refractivity contribution in [3.8, 4) is 0 Å². The minimum Gasteiger partial charge on any atom is -0.480 e. The molecule has 0 rings (SSSR count).